The van der Waals surface area contributed by atoms with Crippen molar-refractivity contribution in [3.05, 3.63) is 184 Å². The van der Waals surface area contributed by atoms with Crippen LogP contribution in [0.15, 0.2) is 152 Å². The summed E-state index contributed by atoms with van der Waals surface area (Å²) < 4.78 is 7.74. The summed E-state index contributed by atoms with van der Waals surface area (Å²) in [6, 6.07) is 52.2. The van der Waals surface area contributed by atoms with Gasteiger partial charge in [0, 0.05) is 32.7 Å². The van der Waals surface area contributed by atoms with Crippen LogP contribution in [-0.4, -0.2) is 9.97 Å². The summed E-state index contributed by atoms with van der Waals surface area (Å²) in [5, 5.41) is 0. The van der Waals surface area contributed by atoms with Gasteiger partial charge in [-0.15, -0.1) is 11.3 Å². The average molecular weight is 671 g/mol. The van der Waals surface area contributed by atoms with Crippen LogP contribution >= 0.6 is 11.3 Å². The van der Waals surface area contributed by atoms with Gasteiger partial charge in [-0.25, -0.2) is 9.97 Å². The lowest BCUT2D eigenvalue weighted by Gasteiger charge is -2.39. The summed E-state index contributed by atoms with van der Waals surface area (Å²) in [4.78, 5) is 12.0. The Labute approximate surface area is 300 Å². The maximum atomic E-state index is 6.59. The quantitative estimate of drug-likeness (QED) is 0.188. The molecule has 4 heteroatoms. The fourth-order valence-electron chi connectivity index (χ4n) is 8.68. The summed E-state index contributed by atoms with van der Waals surface area (Å²) in [5.74, 6) is 2.56. The summed E-state index contributed by atoms with van der Waals surface area (Å²) >= 11 is 1.85. The Hall–Kier alpha value is -6.10. The van der Waals surface area contributed by atoms with Gasteiger partial charge < -0.3 is 4.74 Å². The first-order chi connectivity index (χ1) is 25.3. The van der Waals surface area contributed by atoms with Crippen LogP contribution in [0.1, 0.15) is 39.1 Å². The molecule has 0 fully saturated rings. The number of allylic oxidation sites excluding steroid dienone is 1. The van der Waals surface area contributed by atoms with E-state index in [1.165, 1.54) is 43.8 Å². The van der Waals surface area contributed by atoms with Crippen LogP contribution in [-0.2, 0) is 11.8 Å². The molecule has 2 aromatic heterocycles. The Balaban J connectivity index is 1.18. The number of aromatic nitrogens is 2. The molecule has 0 N–H and O–H groups in total. The number of aryl methyl sites for hydroxylation is 1. The smallest absolute Gasteiger partial charge is 0.160 e. The first-order valence-electron chi connectivity index (χ1n) is 17.6. The van der Waals surface area contributed by atoms with Gasteiger partial charge in [0.15, 0.2) is 5.82 Å². The van der Waals surface area contributed by atoms with Crippen molar-refractivity contribution in [2.45, 2.75) is 18.3 Å². The van der Waals surface area contributed by atoms with Gasteiger partial charge in [0.25, 0.3) is 0 Å². The highest BCUT2D eigenvalue weighted by Crippen LogP contribution is 2.62. The van der Waals surface area contributed by atoms with Crippen LogP contribution in [0.5, 0.6) is 11.5 Å². The topological polar surface area (TPSA) is 35.0 Å². The minimum absolute atomic E-state index is 0.524. The van der Waals surface area contributed by atoms with E-state index >= 15 is 0 Å². The number of thiophene rings is 1. The molecule has 1 aliphatic heterocycles. The van der Waals surface area contributed by atoms with Crippen molar-refractivity contribution in [1.82, 2.24) is 9.97 Å². The molecule has 0 atom stereocenters. The van der Waals surface area contributed by atoms with Gasteiger partial charge in [-0.05, 0) is 64.4 Å². The summed E-state index contributed by atoms with van der Waals surface area (Å²) in [6.07, 6.45) is 6.63. The summed E-state index contributed by atoms with van der Waals surface area (Å²) in [6.45, 7) is 0. The van der Waals surface area contributed by atoms with E-state index in [4.69, 9.17) is 14.7 Å². The van der Waals surface area contributed by atoms with Crippen LogP contribution in [0.4, 0.5) is 0 Å². The number of hydrogen-bond donors (Lipinski definition) is 0. The third kappa shape index (κ3) is 4.05. The van der Waals surface area contributed by atoms with Crippen LogP contribution < -0.4 is 4.74 Å². The Kier molecular flexibility index (Phi) is 6.16. The molecule has 51 heavy (non-hydrogen) atoms. The molecule has 3 aliphatic rings. The molecule has 3 nitrogen and oxygen atoms in total. The van der Waals surface area contributed by atoms with Gasteiger partial charge in [-0.3, -0.25) is 0 Å². The molecule has 240 valence electrons. The fourth-order valence-corrected chi connectivity index (χ4v) is 9.92. The van der Waals surface area contributed by atoms with Gasteiger partial charge in [0.2, 0.25) is 0 Å². The van der Waals surface area contributed by atoms with Gasteiger partial charge in [0.1, 0.15) is 11.5 Å². The third-order valence-electron chi connectivity index (χ3n) is 10.8. The molecule has 11 rings (SSSR count). The Bertz CT molecular complexity index is 2700. The van der Waals surface area contributed by atoms with E-state index in [-0.39, 0.29) is 0 Å². The van der Waals surface area contributed by atoms with Crippen molar-refractivity contribution >= 4 is 27.6 Å². The minimum atomic E-state index is -0.524. The van der Waals surface area contributed by atoms with E-state index in [0.29, 0.717) is 0 Å². The van der Waals surface area contributed by atoms with E-state index in [2.05, 4.69) is 152 Å². The van der Waals surface area contributed by atoms with Crippen molar-refractivity contribution in [3.63, 3.8) is 0 Å². The molecule has 0 unspecified atom stereocenters. The SMILES string of the molecule is C1=Cc2c(sc3c(-c4ccccc4-c4ccc5c(c4)C4(c6ccccc6Oc6ccccc64)c4ccccc4-5)nc(-c4ccccc4)nc23)CC1. The summed E-state index contributed by atoms with van der Waals surface area (Å²) in [5.41, 5.74) is 14.6. The van der Waals surface area contributed by atoms with Crippen molar-refractivity contribution in [2.24, 2.45) is 0 Å². The molecule has 8 aromatic rings. The van der Waals surface area contributed by atoms with Crippen molar-refractivity contribution in [1.29, 1.82) is 0 Å². The predicted octanol–water partition coefficient (Wildman–Crippen LogP) is 12.1. The zero-order valence-electron chi connectivity index (χ0n) is 27.6. The van der Waals surface area contributed by atoms with Crippen molar-refractivity contribution < 1.29 is 4.74 Å². The number of rotatable bonds is 3. The maximum Gasteiger partial charge on any atom is 0.160 e. The number of nitrogens with zero attached hydrogens (tertiary/aromatic N) is 2. The van der Waals surface area contributed by atoms with Crippen LogP contribution in [0.25, 0.3) is 61.2 Å². The lowest BCUT2D eigenvalue weighted by atomic mass is 9.66. The number of ether oxygens (including phenoxy) is 1. The zero-order valence-corrected chi connectivity index (χ0v) is 28.5. The molecule has 3 heterocycles. The second kappa shape index (κ2) is 10.9. The molecule has 0 saturated carbocycles. The summed E-state index contributed by atoms with van der Waals surface area (Å²) in [7, 11) is 0. The van der Waals surface area contributed by atoms with E-state index in [9.17, 15) is 0 Å². The standard InChI is InChI=1S/C47H30N2OS/c1-2-14-29(15-3-1)46-48-43(45-44(49-46)35-19-7-13-25-42(35)51-45)34-18-5-4-16-31(34)30-26-27-33-32-17-6-8-20-36(32)47(39(33)28-30)37-21-9-11-23-40(37)50-41-24-12-10-22-38(41)47/h1-12,14-24,26-28H,13,25H2. The lowest BCUT2D eigenvalue weighted by molar-refractivity contribution is 0.436. The molecular weight excluding hydrogens is 641 g/mol. The van der Waals surface area contributed by atoms with Gasteiger partial charge in [0.05, 0.1) is 21.3 Å². The zero-order chi connectivity index (χ0) is 33.5. The normalized spacial score (nSPS) is 14.4. The molecule has 1 spiro atoms. The highest BCUT2D eigenvalue weighted by Gasteiger charge is 2.51. The average Bonchev–Trinajstić information content (AvgIpc) is 3.72. The highest BCUT2D eigenvalue weighted by molar-refractivity contribution is 7.19. The first-order valence-corrected chi connectivity index (χ1v) is 18.4. The number of hydrogen-bond acceptors (Lipinski definition) is 4. The molecule has 0 bridgehead atoms. The van der Waals surface area contributed by atoms with Crippen LogP contribution in [0.3, 0.4) is 0 Å². The van der Waals surface area contributed by atoms with Gasteiger partial charge in [-0.2, -0.15) is 0 Å². The molecular formula is C47H30N2OS. The van der Waals surface area contributed by atoms with E-state index < -0.39 is 5.41 Å². The molecule has 2 aliphatic carbocycles. The Morgan fingerprint density at radius 2 is 1.20 bits per heavy atom. The van der Waals surface area contributed by atoms with E-state index in [0.717, 1.165) is 68.3 Å². The van der Waals surface area contributed by atoms with Crippen molar-refractivity contribution in [2.75, 3.05) is 0 Å². The second-order valence-corrected chi connectivity index (χ2v) is 14.6. The number of benzene rings is 6. The molecule has 0 saturated heterocycles. The highest BCUT2D eigenvalue weighted by atomic mass is 32.1. The number of fused-ring (bicyclic) bond motifs is 12. The van der Waals surface area contributed by atoms with Gasteiger partial charge >= 0.3 is 0 Å². The van der Waals surface area contributed by atoms with Crippen LogP contribution in [0.2, 0.25) is 0 Å². The number of para-hydroxylation sites is 2. The first kappa shape index (κ1) is 28.7. The Morgan fingerprint density at radius 1 is 0.549 bits per heavy atom. The fraction of sp³-hybridized carbons (Fsp3) is 0.0638. The van der Waals surface area contributed by atoms with E-state index in [1.807, 2.05) is 17.4 Å². The molecule has 6 aromatic carbocycles. The Morgan fingerprint density at radius 3 is 1.98 bits per heavy atom. The third-order valence-corrected chi connectivity index (χ3v) is 12.1. The predicted molar refractivity (Wildman–Crippen MR) is 208 cm³/mol. The van der Waals surface area contributed by atoms with Crippen molar-refractivity contribution in [3.8, 4) is 56.4 Å². The maximum absolute atomic E-state index is 6.59. The molecule has 0 amide bonds. The van der Waals surface area contributed by atoms with Gasteiger partial charge in [-0.1, -0.05) is 140 Å². The van der Waals surface area contributed by atoms with E-state index in [1.54, 1.807) is 0 Å². The second-order valence-electron chi connectivity index (χ2n) is 13.5. The minimum Gasteiger partial charge on any atom is -0.457 e. The lowest BCUT2D eigenvalue weighted by Crippen LogP contribution is -2.32. The largest absolute Gasteiger partial charge is 0.457 e. The monoisotopic (exact) mass is 670 g/mol. The van der Waals surface area contributed by atoms with Crippen LogP contribution in [0, 0.1) is 0 Å². The molecule has 0 radical (unpaired) electrons.